The Labute approximate surface area is 115 Å². The van der Waals surface area contributed by atoms with Crippen molar-refractivity contribution in [3.63, 3.8) is 0 Å². The van der Waals surface area contributed by atoms with Crippen LogP contribution in [-0.2, 0) is 4.79 Å². The van der Waals surface area contributed by atoms with E-state index in [1.54, 1.807) is 0 Å². The van der Waals surface area contributed by atoms with Crippen LogP contribution < -0.4 is 10.7 Å². The number of nitrogens with zero attached hydrogens (tertiary/aromatic N) is 1. The Balaban J connectivity index is 2.95. The van der Waals surface area contributed by atoms with Crippen molar-refractivity contribution in [1.82, 2.24) is 10.7 Å². The summed E-state index contributed by atoms with van der Waals surface area (Å²) in [6.07, 6.45) is 0.903. The molecule has 1 aromatic carbocycles. The molecule has 4 heteroatoms. The topological polar surface area (TPSA) is 53.5 Å². The molecular weight excluding hydrogens is 238 g/mol. The standard InChI is InChI=1S/C15H23N3O/c1-5-11-16-14(19)13(17-18-15(2,3)4)12-9-7-6-8-10-12/h6-10,18H,5,11H2,1-4H3,(H,16,19)/b17-13-. The number of benzene rings is 1. The zero-order chi connectivity index (χ0) is 14.3. The summed E-state index contributed by atoms with van der Waals surface area (Å²) in [7, 11) is 0. The Morgan fingerprint density at radius 1 is 1.21 bits per heavy atom. The van der Waals surface area contributed by atoms with Crippen molar-refractivity contribution in [1.29, 1.82) is 0 Å². The third kappa shape index (κ3) is 5.55. The minimum atomic E-state index is -0.176. The molecule has 0 saturated heterocycles. The average molecular weight is 261 g/mol. The third-order valence-corrected chi connectivity index (χ3v) is 2.30. The van der Waals surface area contributed by atoms with Gasteiger partial charge in [0.1, 0.15) is 0 Å². The SMILES string of the molecule is CCCNC(=O)/C(=N\NC(C)(C)C)c1ccccc1. The fourth-order valence-corrected chi connectivity index (χ4v) is 1.39. The van der Waals surface area contributed by atoms with Crippen LogP contribution in [0, 0.1) is 0 Å². The first-order valence-electron chi connectivity index (χ1n) is 6.62. The number of hydrogen-bond acceptors (Lipinski definition) is 3. The predicted octanol–water partition coefficient (Wildman–Crippen LogP) is 2.30. The Bertz CT molecular complexity index is 432. The maximum atomic E-state index is 12.1. The van der Waals surface area contributed by atoms with Gasteiger partial charge in [0.05, 0.1) is 0 Å². The summed E-state index contributed by atoms with van der Waals surface area (Å²) in [6, 6.07) is 9.48. The van der Waals surface area contributed by atoms with Crippen LogP contribution in [0.5, 0.6) is 0 Å². The van der Waals surface area contributed by atoms with E-state index in [1.165, 1.54) is 0 Å². The van der Waals surface area contributed by atoms with E-state index in [1.807, 2.05) is 58.0 Å². The minimum Gasteiger partial charge on any atom is -0.351 e. The average Bonchev–Trinajstić information content (AvgIpc) is 2.36. The van der Waals surface area contributed by atoms with Gasteiger partial charge in [-0.25, -0.2) is 0 Å². The summed E-state index contributed by atoms with van der Waals surface area (Å²) in [6.45, 7) is 8.68. The van der Waals surface area contributed by atoms with Gasteiger partial charge in [0, 0.05) is 17.6 Å². The van der Waals surface area contributed by atoms with Crippen molar-refractivity contribution in [3.8, 4) is 0 Å². The quantitative estimate of drug-likeness (QED) is 0.631. The minimum absolute atomic E-state index is 0.148. The normalized spacial score (nSPS) is 12.1. The summed E-state index contributed by atoms with van der Waals surface area (Å²) < 4.78 is 0. The van der Waals surface area contributed by atoms with Crippen LogP contribution in [0.1, 0.15) is 39.7 Å². The van der Waals surface area contributed by atoms with E-state index in [-0.39, 0.29) is 11.4 Å². The lowest BCUT2D eigenvalue weighted by atomic mass is 10.1. The second-order valence-corrected chi connectivity index (χ2v) is 5.44. The molecule has 0 unspecified atom stereocenters. The fraction of sp³-hybridized carbons (Fsp3) is 0.467. The van der Waals surface area contributed by atoms with Gasteiger partial charge < -0.3 is 10.7 Å². The molecule has 0 spiro atoms. The summed E-state index contributed by atoms with van der Waals surface area (Å²) >= 11 is 0. The zero-order valence-electron chi connectivity index (χ0n) is 12.2. The maximum Gasteiger partial charge on any atom is 0.272 e. The second kappa shape index (κ2) is 6.92. The van der Waals surface area contributed by atoms with Crippen LogP contribution in [0.3, 0.4) is 0 Å². The molecule has 0 aliphatic heterocycles. The third-order valence-electron chi connectivity index (χ3n) is 2.30. The summed E-state index contributed by atoms with van der Waals surface area (Å²) in [5.41, 5.74) is 4.06. The Hall–Kier alpha value is -1.84. The fourth-order valence-electron chi connectivity index (χ4n) is 1.39. The molecule has 0 fully saturated rings. The van der Waals surface area contributed by atoms with Gasteiger partial charge in [-0.2, -0.15) is 5.10 Å². The van der Waals surface area contributed by atoms with Crippen molar-refractivity contribution in [2.75, 3.05) is 6.54 Å². The van der Waals surface area contributed by atoms with Crippen molar-refractivity contribution in [2.24, 2.45) is 5.10 Å². The molecule has 1 amide bonds. The van der Waals surface area contributed by atoms with E-state index in [4.69, 9.17) is 0 Å². The first kappa shape index (κ1) is 15.2. The summed E-state index contributed by atoms with van der Waals surface area (Å²) in [5, 5.41) is 7.13. The van der Waals surface area contributed by atoms with Crippen LogP contribution in [0.25, 0.3) is 0 Å². The number of hydrogen-bond donors (Lipinski definition) is 2. The molecule has 0 aromatic heterocycles. The van der Waals surface area contributed by atoms with Crippen LogP contribution in [0.15, 0.2) is 35.4 Å². The summed E-state index contributed by atoms with van der Waals surface area (Å²) in [4.78, 5) is 12.1. The highest BCUT2D eigenvalue weighted by Gasteiger charge is 2.15. The van der Waals surface area contributed by atoms with Crippen LogP contribution >= 0.6 is 0 Å². The van der Waals surface area contributed by atoms with E-state index in [0.29, 0.717) is 12.3 Å². The Morgan fingerprint density at radius 2 is 1.84 bits per heavy atom. The van der Waals surface area contributed by atoms with Crippen LogP contribution in [0.2, 0.25) is 0 Å². The van der Waals surface area contributed by atoms with Gasteiger partial charge in [0.25, 0.3) is 5.91 Å². The van der Waals surface area contributed by atoms with Gasteiger partial charge in [0.2, 0.25) is 0 Å². The van der Waals surface area contributed by atoms with E-state index >= 15 is 0 Å². The van der Waals surface area contributed by atoms with Gasteiger partial charge in [-0.15, -0.1) is 0 Å². The van der Waals surface area contributed by atoms with E-state index in [9.17, 15) is 4.79 Å². The lowest BCUT2D eigenvalue weighted by Crippen LogP contribution is -2.37. The molecule has 2 N–H and O–H groups in total. The number of carbonyl (C=O) groups excluding carboxylic acids is 1. The first-order chi connectivity index (χ1) is 8.94. The highest BCUT2D eigenvalue weighted by atomic mass is 16.1. The van der Waals surface area contributed by atoms with E-state index in [0.717, 1.165) is 12.0 Å². The molecule has 19 heavy (non-hydrogen) atoms. The van der Waals surface area contributed by atoms with Crippen molar-refractivity contribution in [3.05, 3.63) is 35.9 Å². The molecule has 0 atom stereocenters. The van der Waals surface area contributed by atoms with Gasteiger partial charge in [-0.05, 0) is 27.2 Å². The number of amides is 1. The molecule has 0 aliphatic rings. The number of carbonyl (C=O) groups is 1. The lowest BCUT2D eigenvalue weighted by Gasteiger charge is -2.19. The Kier molecular flexibility index (Phi) is 5.55. The van der Waals surface area contributed by atoms with Crippen LogP contribution in [-0.4, -0.2) is 23.7 Å². The van der Waals surface area contributed by atoms with Crippen LogP contribution in [0.4, 0.5) is 0 Å². The molecule has 0 saturated carbocycles. The number of nitrogens with one attached hydrogen (secondary N) is 2. The highest BCUT2D eigenvalue weighted by molar-refractivity contribution is 6.45. The summed E-state index contributed by atoms with van der Waals surface area (Å²) in [5.74, 6) is -0.148. The molecule has 104 valence electrons. The number of hydrazone groups is 1. The van der Waals surface area contributed by atoms with Gasteiger partial charge in [-0.3, -0.25) is 4.79 Å². The predicted molar refractivity (Wildman–Crippen MR) is 79.2 cm³/mol. The second-order valence-electron chi connectivity index (χ2n) is 5.44. The lowest BCUT2D eigenvalue weighted by molar-refractivity contribution is -0.114. The zero-order valence-corrected chi connectivity index (χ0v) is 12.2. The van der Waals surface area contributed by atoms with E-state index in [2.05, 4.69) is 15.8 Å². The maximum absolute atomic E-state index is 12.1. The highest BCUT2D eigenvalue weighted by Crippen LogP contribution is 2.04. The van der Waals surface area contributed by atoms with E-state index < -0.39 is 0 Å². The monoisotopic (exact) mass is 261 g/mol. The largest absolute Gasteiger partial charge is 0.351 e. The molecule has 0 aliphatic carbocycles. The molecule has 1 rings (SSSR count). The van der Waals surface area contributed by atoms with Crippen molar-refractivity contribution >= 4 is 11.6 Å². The molecule has 0 bridgehead atoms. The van der Waals surface area contributed by atoms with Crippen molar-refractivity contribution < 1.29 is 4.79 Å². The smallest absolute Gasteiger partial charge is 0.272 e. The molecule has 1 aromatic rings. The molecule has 4 nitrogen and oxygen atoms in total. The van der Waals surface area contributed by atoms with Crippen molar-refractivity contribution in [2.45, 2.75) is 39.7 Å². The van der Waals surface area contributed by atoms with Gasteiger partial charge >= 0.3 is 0 Å². The molecule has 0 radical (unpaired) electrons. The van der Waals surface area contributed by atoms with Gasteiger partial charge in [-0.1, -0.05) is 37.3 Å². The first-order valence-corrected chi connectivity index (χ1v) is 6.62. The Morgan fingerprint density at radius 3 is 2.37 bits per heavy atom. The number of rotatable bonds is 5. The molecule has 0 heterocycles. The molecular formula is C15H23N3O. The van der Waals surface area contributed by atoms with Gasteiger partial charge in [0.15, 0.2) is 5.71 Å².